The quantitative estimate of drug-likeness (QED) is 0.264. The Kier molecular flexibility index (Phi) is 5.24. The molecule has 7 heteroatoms. The van der Waals surface area contributed by atoms with Crippen molar-refractivity contribution < 1.29 is 18.7 Å². The summed E-state index contributed by atoms with van der Waals surface area (Å²) in [6, 6.07) is 22.5. The van der Waals surface area contributed by atoms with Crippen LogP contribution in [0.5, 0.6) is 0 Å². The second-order valence-corrected chi connectivity index (χ2v) is 8.23. The van der Waals surface area contributed by atoms with E-state index in [2.05, 4.69) is 5.32 Å². The van der Waals surface area contributed by atoms with Gasteiger partial charge in [-0.3, -0.25) is 10.2 Å². The van der Waals surface area contributed by atoms with Gasteiger partial charge in [0.25, 0.3) is 5.91 Å². The molecule has 1 amide bonds. The fraction of sp³-hybridized carbons (Fsp3) is 0.0385. The highest BCUT2D eigenvalue weighted by Gasteiger charge is 2.23. The minimum atomic E-state index is -0.550. The second kappa shape index (κ2) is 8.37. The zero-order valence-electron chi connectivity index (χ0n) is 17.5. The maximum Gasteiger partial charge on any atom is 0.341 e. The van der Waals surface area contributed by atoms with Crippen molar-refractivity contribution in [3.8, 4) is 11.1 Å². The number of hydrogen-bond donors (Lipinski definition) is 2. The number of methoxy groups -OCH3 is 1. The molecule has 0 aliphatic heterocycles. The van der Waals surface area contributed by atoms with Crippen LogP contribution < -0.4 is 10.9 Å². The number of carbonyl (C=O) groups is 2. The average molecular weight is 455 g/mol. The first-order chi connectivity index (χ1) is 16.1. The molecule has 0 aliphatic rings. The van der Waals surface area contributed by atoms with Crippen LogP contribution in [0.4, 0.5) is 5.00 Å². The largest absolute Gasteiger partial charge is 0.465 e. The Morgan fingerprint density at radius 1 is 0.970 bits per heavy atom. The van der Waals surface area contributed by atoms with Crippen molar-refractivity contribution in [3.05, 3.63) is 94.9 Å². The number of ether oxygens (including phenoxy) is 1. The van der Waals surface area contributed by atoms with Crippen molar-refractivity contribution in [3.63, 3.8) is 0 Å². The van der Waals surface area contributed by atoms with E-state index in [4.69, 9.17) is 14.6 Å². The Hall–Kier alpha value is -4.23. The maximum atomic E-state index is 13.2. The molecular formula is C26H18N2O4S. The zero-order chi connectivity index (χ0) is 22.9. The molecule has 0 fully saturated rings. The lowest BCUT2D eigenvalue weighted by Gasteiger charge is -2.09. The summed E-state index contributed by atoms with van der Waals surface area (Å²) in [4.78, 5) is 25.8. The van der Waals surface area contributed by atoms with Gasteiger partial charge in [-0.15, -0.1) is 11.3 Å². The molecule has 2 aromatic heterocycles. The highest BCUT2D eigenvalue weighted by atomic mass is 32.1. The zero-order valence-corrected chi connectivity index (χ0v) is 18.4. The summed E-state index contributed by atoms with van der Waals surface area (Å²) in [7, 11) is 1.30. The van der Waals surface area contributed by atoms with Gasteiger partial charge in [-0.2, -0.15) is 0 Å². The molecule has 3 aromatic carbocycles. The van der Waals surface area contributed by atoms with E-state index in [-0.39, 0.29) is 16.7 Å². The third-order valence-electron chi connectivity index (χ3n) is 5.41. The average Bonchev–Trinajstić information content (AvgIpc) is 3.26. The van der Waals surface area contributed by atoms with Crippen molar-refractivity contribution in [2.24, 2.45) is 0 Å². The summed E-state index contributed by atoms with van der Waals surface area (Å²) in [6.45, 7) is 0. The van der Waals surface area contributed by atoms with E-state index in [1.165, 1.54) is 18.4 Å². The number of benzene rings is 3. The van der Waals surface area contributed by atoms with Gasteiger partial charge in [-0.25, -0.2) is 4.79 Å². The Morgan fingerprint density at radius 3 is 2.52 bits per heavy atom. The molecule has 0 aliphatic carbocycles. The maximum absolute atomic E-state index is 13.2. The van der Waals surface area contributed by atoms with Gasteiger partial charge in [0.05, 0.1) is 7.11 Å². The molecule has 5 aromatic rings. The fourth-order valence-electron chi connectivity index (χ4n) is 3.81. The van der Waals surface area contributed by atoms with Crippen LogP contribution >= 0.6 is 11.3 Å². The van der Waals surface area contributed by atoms with Crippen LogP contribution in [-0.2, 0) is 4.74 Å². The van der Waals surface area contributed by atoms with Gasteiger partial charge in [0, 0.05) is 16.3 Å². The number of thiophene rings is 1. The first-order valence-electron chi connectivity index (χ1n) is 10.1. The molecule has 0 bridgehead atoms. The van der Waals surface area contributed by atoms with Crippen molar-refractivity contribution >= 4 is 50.0 Å². The molecule has 2 heterocycles. The predicted octanol–water partition coefficient (Wildman–Crippen LogP) is 5.83. The molecule has 5 rings (SSSR count). The highest BCUT2D eigenvalue weighted by molar-refractivity contribution is 7.15. The Bertz CT molecular complexity index is 1590. The number of anilines is 1. The standard InChI is InChI=1S/C26H18N2O4S/c1-31-26(30)22-20(15-7-3-2-4-8-15)14-33-25(22)28-24(29)19-13-18-17-10-6-5-9-16(17)11-12-21(18)32-23(19)27/h2-14,27H,1H3,(H,28,29). The second-order valence-electron chi connectivity index (χ2n) is 7.35. The van der Waals surface area contributed by atoms with Gasteiger partial charge in [-0.05, 0) is 28.5 Å². The van der Waals surface area contributed by atoms with E-state index in [1.807, 2.05) is 60.7 Å². The number of nitrogens with one attached hydrogen (secondary N) is 2. The van der Waals surface area contributed by atoms with E-state index in [0.29, 0.717) is 16.1 Å². The van der Waals surface area contributed by atoms with Crippen LogP contribution in [0.15, 0.2) is 82.6 Å². The highest BCUT2D eigenvalue weighted by Crippen LogP contribution is 2.36. The van der Waals surface area contributed by atoms with Crippen molar-refractivity contribution in [1.29, 1.82) is 5.41 Å². The number of carbonyl (C=O) groups excluding carboxylic acids is 2. The van der Waals surface area contributed by atoms with Crippen LogP contribution in [0.2, 0.25) is 0 Å². The Morgan fingerprint density at radius 2 is 1.73 bits per heavy atom. The molecule has 6 nitrogen and oxygen atoms in total. The lowest BCUT2D eigenvalue weighted by molar-refractivity contribution is 0.0603. The number of amides is 1. The number of rotatable bonds is 4. The van der Waals surface area contributed by atoms with Crippen molar-refractivity contribution in [1.82, 2.24) is 0 Å². The topological polar surface area (TPSA) is 92.4 Å². The van der Waals surface area contributed by atoms with Gasteiger partial charge in [-0.1, -0.05) is 60.7 Å². The molecule has 0 atom stereocenters. The van der Waals surface area contributed by atoms with Crippen LogP contribution in [0.3, 0.4) is 0 Å². The van der Waals surface area contributed by atoms with Gasteiger partial charge < -0.3 is 14.5 Å². The summed E-state index contributed by atoms with van der Waals surface area (Å²) >= 11 is 1.23. The normalized spacial score (nSPS) is 10.9. The number of fused-ring (bicyclic) bond motifs is 3. The van der Waals surface area contributed by atoms with Crippen molar-refractivity contribution in [2.45, 2.75) is 0 Å². The lowest BCUT2D eigenvalue weighted by atomic mass is 10.0. The molecule has 0 spiro atoms. The Labute approximate surface area is 192 Å². The molecule has 0 saturated carbocycles. The summed E-state index contributed by atoms with van der Waals surface area (Å²) in [5, 5.41) is 15.9. The Balaban J connectivity index is 1.58. The SMILES string of the molecule is COC(=O)c1c(-c2ccccc2)csc1NC(=O)c1cc2c(ccc3ccccc32)oc1=N. The van der Waals surface area contributed by atoms with Gasteiger partial charge in [0.15, 0.2) is 0 Å². The molecular weight excluding hydrogens is 436 g/mol. The van der Waals surface area contributed by atoms with E-state index in [0.717, 1.165) is 21.7 Å². The van der Waals surface area contributed by atoms with Gasteiger partial charge >= 0.3 is 5.97 Å². The van der Waals surface area contributed by atoms with Crippen LogP contribution in [0, 0.1) is 5.41 Å². The van der Waals surface area contributed by atoms with E-state index in [9.17, 15) is 9.59 Å². The minimum Gasteiger partial charge on any atom is -0.465 e. The first kappa shape index (κ1) is 20.7. The van der Waals surface area contributed by atoms with Crippen LogP contribution in [0.25, 0.3) is 32.9 Å². The van der Waals surface area contributed by atoms with E-state index < -0.39 is 11.9 Å². The van der Waals surface area contributed by atoms with E-state index in [1.54, 1.807) is 17.5 Å². The summed E-state index contributed by atoms with van der Waals surface area (Å²) < 4.78 is 10.6. The molecule has 162 valence electrons. The summed E-state index contributed by atoms with van der Waals surface area (Å²) in [5.41, 5.74) is 2.12. The molecule has 2 N–H and O–H groups in total. The fourth-order valence-corrected chi connectivity index (χ4v) is 4.76. The third kappa shape index (κ3) is 3.68. The smallest absolute Gasteiger partial charge is 0.341 e. The number of esters is 1. The predicted molar refractivity (Wildman–Crippen MR) is 129 cm³/mol. The van der Waals surface area contributed by atoms with Crippen molar-refractivity contribution in [2.75, 3.05) is 12.4 Å². The van der Waals surface area contributed by atoms with Crippen LogP contribution in [-0.4, -0.2) is 19.0 Å². The molecule has 0 saturated heterocycles. The molecule has 0 radical (unpaired) electrons. The van der Waals surface area contributed by atoms with Gasteiger partial charge in [0.2, 0.25) is 5.55 Å². The van der Waals surface area contributed by atoms with Gasteiger partial charge in [0.1, 0.15) is 21.7 Å². The first-order valence-corrected chi connectivity index (χ1v) is 11.0. The van der Waals surface area contributed by atoms with Crippen LogP contribution in [0.1, 0.15) is 20.7 Å². The number of hydrogen-bond acceptors (Lipinski definition) is 6. The molecule has 0 unspecified atom stereocenters. The van der Waals surface area contributed by atoms with E-state index >= 15 is 0 Å². The monoisotopic (exact) mass is 454 g/mol. The third-order valence-corrected chi connectivity index (χ3v) is 6.31. The lowest BCUT2D eigenvalue weighted by Crippen LogP contribution is -2.21. The summed E-state index contributed by atoms with van der Waals surface area (Å²) in [5.74, 6) is -1.09. The molecule has 33 heavy (non-hydrogen) atoms. The minimum absolute atomic E-state index is 0.0735. The summed E-state index contributed by atoms with van der Waals surface area (Å²) in [6.07, 6.45) is 0.